The van der Waals surface area contributed by atoms with Gasteiger partial charge in [-0.3, -0.25) is 4.79 Å². The fraction of sp³-hybridized carbons (Fsp3) is 0.588. The van der Waals surface area contributed by atoms with Gasteiger partial charge in [-0.15, -0.1) is 0 Å². The molecule has 1 aromatic rings. The highest BCUT2D eigenvalue weighted by atomic mass is 35.5. The van der Waals surface area contributed by atoms with Crippen LogP contribution in [0.5, 0.6) is 5.75 Å². The van der Waals surface area contributed by atoms with Gasteiger partial charge in [0.05, 0.1) is 0 Å². The van der Waals surface area contributed by atoms with E-state index in [4.69, 9.17) is 16.3 Å². The minimum Gasteiger partial charge on any atom is -0.484 e. The van der Waals surface area contributed by atoms with Gasteiger partial charge in [0.2, 0.25) is 0 Å². The first kappa shape index (κ1) is 17.1. The second kappa shape index (κ2) is 8.39. The molecule has 1 N–H and O–H groups in total. The van der Waals surface area contributed by atoms with Gasteiger partial charge in [0, 0.05) is 17.6 Å². The summed E-state index contributed by atoms with van der Waals surface area (Å²) in [6.45, 7) is 1.07. The summed E-state index contributed by atoms with van der Waals surface area (Å²) < 4.78 is 5.50. The molecule has 2 rings (SSSR count). The van der Waals surface area contributed by atoms with E-state index in [0.29, 0.717) is 16.7 Å². The largest absolute Gasteiger partial charge is 0.484 e. The minimum atomic E-state index is -0.0504. The van der Waals surface area contributed by atoms with Crippen LogP contribution >= 0.6 is 11.6 Å². The van der Waals surface area contributed by atoms with Gasteiger partial charge in [0.15, 0.2) is 6.61 Å². The Hall–Kier alpha value is -1.26. The van der Waals surface area contributed by atoms with Crippen LogP contribution < -0.4 is 10.1 Å². The quantitative estimate of drug-likeness (QED) is 0.874. The lowest BCUT2D eigenvalue weighted by molar-refractivity contribution is -0.124. The number of hydrogen-bond acceptors (Lipinski definition) is 3. The first-order chi connectivity index (χ1) is 10.5. The van der Waals surface area contributed by atoms with Crippen molar-refractivity contribution in [3.8, 4) is 5.75 Å². The van der Waals surface area contributed by atoms with Crippen LogP contribution in [0.2, 0.25) is 5.02 Å². The molecule has 0 spiro atoms. The van der Waals surface area contributed by atoms with E-state index >= 15 is 0 Å². The molecule has 22 heavy (non-hydrogen) atoms. The summed E-state index contributed by atoms with van der Waals surface area (Å²) >= 11 is 5.82. The molecule has 1 amide bonds. The van der Waals surface area contributed by atoms with Crippen molar-refractivity contribution in [1.29, 1.82) is 0 Å². The highest BCUT2D eigenvalue weighted by molar-refractivity contribution is 6.30. The number of carbonyl (C=O) groups is 1. The number of halogens is 1. The molecule has 0 aliphatic heterocycles. The van der Waals surface area contributed by atoms with E-state index in [0.717, 1.165) is 13.0 Å². The average Bonchev–Trinajstić information content (AvgIpc) is 2.48. The average molecular weight is 325 g/mol. The molecule has 0 radical (unpaired) electrons. The Morgan fingerprint density at radius 1 is 1.27 bits per heavy atom. The van der Waals surface area contributed by atoms with Gasteiger partial charge in [-0.05, 0) is 57.1 Å². The van der Waals surface area contributed by atoms with E-state index in [1.54, 1.807) is 24.3 Å². The maximum atomic E-state index is 12.1. The summed E-state index contributed by atoms with van der Waals surface area (Å²) in [6, 6.07) is 7.31. The molecule has 0 heterocycles. The van der Waals surface area contributed by atoms with Crippen LogP contribution in [0.1, 0.15) is 25.7 Å². The molecule has 0 saturated heterocycles. The number of amides is 1. The van der Waals surface area contributed by atoms with Gasteiger partial charge >= 0.3 is 0 Å². The molecule has 4 nitrogen and oxygen atoms in total. The summed E-state index contributed by atoms with van der Waals surface area (Å²) in [5, 5.41) is 3.80. The summed E-state index contributed by atoms with van der Waals surface area (Å²) in [5.41, 5.74) is 0. The first-order valence-corrected chi connectivity index (χ1v) is 8.25. The molecule has 1 saturated carbocycles. The zero-order chi connectivity index (χ0) is 15.9. The third kappa shape index (κ3) is 5.50. The smallest absolute Gasteiger partial charge is 0.258 e. The lowest BCUT2D eigenvalue weighted by Gasteiger charge is -2.33. The molecule has 5 heteroatoms. The predicted molar refractivity (Wildman–Crippen MR) is 89.4 cm³/mol. The molecule has 1 fully saturated rings. The number of benzene rings is 1. The lowest BCUT2D eigenvalue weighted by Crippen LogP contribution is -2.46. The maximum Gasteiger partial charge on any atom is 0.258 e. The van der Waals surface area contributed by atoms with E-state index in [1.165, 1.54) is 19.3 Å². The van der Waals surface area contributed by atoms with E-state index in [-0.39, 0.29) is 18.6 Å². The maximum absolute atomic E-state index is 12.1. The van der Waals surface area contributed by atoms with E-state index in [2.05, 4.69) is 24.3 Å². The Labute approximate surface area is 137 Å². The number of rotatable bonds is 6. The van der Waals surface area contributed by atoms with Gasteiger partial charge in [-0.1, -0.05) is 24.4 Å². The molecule has 2 unspecified atom stereocenters. The summed E-state index contributed by atoms with van der Waals surface area (Å²) in [7, 11) is 4.16. The van der Waals surface area contributed by atoms with E-state index < -0.39 is 0 Å². The minimum absolute atomic E-state index is 0.0484. The van der Waals surface area contributed by atoms with Crippen LogP contribution in [0.15, 0.2) is 24.3 Å². The molecule has 1 aliphatic carbocycles. The summed E-state index contributed by atoms with van der Waals surface area (Å²) in [4.78, 5) is 14.3. The summed E-state index contributed by atoms with van der Waals surface area (Å²) in [5.74, 6) is 1.14. The SMILES string of the molecule is CN(C)CC1CCCCC1NC(=O)COc1ccc(Cl)cc1. The highest BCUT2D eigenvalue weighted by Gasteiger charge is 2.26. The van der Waals surface area contributed by atoms with E-state index in [9.17, 15) is 4.79 Å². The Bertz CT molecular complexity index is 476. The van der Waals surface area contributed by atoms with Crippen LogP contribution in [0.4, 0.5) is 0 Å². The van der Waals surface area contributed by atoms with Gasteiger partial charge in [-0.25, -0.2) is 0 Å². The highest BCUT2D eigenvalue weighted by Crippen LogP contribution is 2.25. The van der Waals surface area contributed by atoms with Crippen LogP contribution in [-0.2, 0) is 4.79 Å². The molecule has 1 aromatic carbocycles. The fourth-order valence-electron chi connectivity index (χ4n) is 3.01. The van der Waals surface area contributed by atoms with Crippen molar-refractivity contribution in [3.05, 3.63) is 29.3 Å². The third-order valence-corrected chi connectivity index (χ3v) is 4.29. The van der Waals surface area contributed by atoms with Crippen LogP contribution in [0, 0.1) is 5.92 Å². The number of nitrogens with zero attached hydrogens (tertiary/aromatic N) is 1. The molecule has 1 aliphatic rings. The van der Waals surface area contributed by atoms with Crippen molar-refractivity contribution in [2.75, 3.05) is 27.2 Å². The van der Waals surface area contributed by atoms with Crippen molar-refractivity contribution >= 4 is 17.5 Å². The molecule has 0 bridgehead atoms. The zero-order valence-electron chi connectivity index (χ0n) is 13.3. The molecular weight excluding hydrogens is 300 g/mol. The monoisotopic (exact) mass is 324 g/mol. The van der Waals surface area contributed by atoms with Gasteiger partial charge < -0.3 is 15.0 Å². The topological polar surface area (TPSA) is 41.6 Å². The fourth-order valence-corrected chi connectivity index (χ4v) is 3.14. The number of hydrogen-bond donors (Lipinski definition) is 1. The molecular formula is C17H25ClN2O2. The number of carbonyl (C=O) groups excluding carboxylic acids is 1. The summed E-state index contributed by atoms with van der Waals surface area (Å²) in [6.07, 6.45) is 4.69. The van der Waals surface area contributed by atoms with Crippen molar-refractivity contribution in [2.45, 2.75) is 31.7 Å². The zero-order valence-corrected chi connectivity index (χ0v) is 14.1. The standard InChI is InChI=1S/C17H25ClN2O2/c1-20(2)11-13-5-3-4-6-16(13)19-17(21)12-22-15-9-7-14(18)8-10-15/h7-10,13,16H,3-6,11-12H2,1-2H3,(H,19,21). The van der Waals surface area contributed by atoms with Gasteiger partial charge in [0.1, 0.15) is 5.75 Å². The van der Waals surface area contributed by atoms with E-state index in [1.807, 2.05) is 0 Å². The Balaban J connectivity index is 1.80. The molecule has 2 atom stereocenters. The second-order valence-electron chi connectivity index (χ2n) is 6.22. The third-order valence-electron chi connectivity index (χ3n) is 4.04. The first-order valence-electron chi connectivity index (χ1n) is 7.87. The van der Waals surface area contributed by atoms with Crippen molar-refractivity contribution in [1.82, 2.24) is 10.2 Å². The molecule has 122 valence electrons. The van der Waals surface area contributed by atoms with Gasteiger partial charge in [0.25, 0.3) is 5.91 Å². The van der Waals surface area contributed by atoms with Crippen LogP contribution in [-0.4, -0.2) is 44.1 Å². The van der Waals surface area contributed by atoms with Crippen molar-refractivity contribution in [3.63, 3.8) is 0 Å². The van der Waals surface area contributed by atoms with Crippen molar-refractivity contribution < 1.29 is 9.53 Å². The normalized spacial score (nSPS) is 21.6. The van der Waals surface area contributed by atoms with Crippen LogP contribution in [0.3, 0.4) is 0 Å². The van der Waals surface area contributed by atoms with Crippen molar-refractivity contribution in [2.24, 2.45) is 5.92 Å². The second-order valence-corrected chi connectivity index (χ2v) is 6.66. The predicted octanol–water partition coefficient (Wildman–Crippen LogP) is 2.96. The Kier molecular flexibility index (Phi) is 6.52. The lowest BCUT2D eigenvalue weighted by atomic mass is 9.84. The van der Waals surface area contributed by atoms with Gasteiger partial charge in [-0.2, -0.15) is 0 Å². The molecule has 0 aromatic heterocycles. The Morgan fingerprint density at radius 2 is 1.95 bits per heavy atom. The Morgan fingerprint density at radius 3 is 2.64 bits per heavy atom. The number of nitrogens with one attached hydrogen (secondary N) is 1. The van der Waals surface area contributed by atoms with Crippen LogP contribution in [0.25, 0.3) is 0 Å². The number of ether oxygens (including phenoxy) is 1.